The van der Waals surface area contributed by atoms with E-state index in [1.54, 1.807) is 6.07 Å². The number of hydrogen-bond donors (Lipinski definition) is 2. The smallest absolute Gasteiger partial charge is 0.351 e. The molecule has 1 fully saturated rings. The molecule has 2 unspecified atom stereocenters. The second-order valence-corrected chi connectivity index (χ2v) is 6.08. The lowest BCUT2D eigenvalue weighted by Crippen LogP contribution is -2.37. The third-order valence-electron chi connectivity index (χ3n) is 4.46. The zero-order valence-electron chi connectivity index (χ0n) is 14.3. The summed E-state index contributed by atoms with van der Waals surface area (Å²) in [7, 11) is 3.00. The molecule has 26 heavy (non-hydrogen) atoms. The van der Waals surface area contributed by atoms with Gasteiger partial charge in [-0.2, -0.15) is 4.98 Å². The Bertz CT molecular complexity index is 870. The van der Waals surface area contributed by atoms with Gasteiger partial charge in [0.15, 0.2) is 23.5 Å². The normalized spacial score (nSPS) is 26.6. The van der Waals surface area contributed by atoms with E-state index in [9.17, 15) is 9.90 Å². The SMILES string of the molecule is COC[C@H]1O[C@@H](n2cc3c(nc2=O)Nc2ccccc2O3)C(O)C1OC. The number of nitrogens with zero attached hydrogens (tertiary/aromatic N) is 2. The van der Waals surface area contributed by atoms with Gasteiger partial charge in [0.1, 0.15) is 18.3 Å². The first-order valence-corrected chi connectivity index (χ1v) is 8.14. The van der Waals surface area contributed by atoms with Crippen LogP contribution in [-0.4, -0.2) is 53.8 Å². The Labute approximate surface area is 149 Å². The van der Waals surface area contributed by atoms with E-state index in [0.717, 1.165) is 5.69 Å². The van der Waals surface area contributed by atoms with Gasteiger partial charge in [-0.05, 0) is 12.1 Å². The van der Waals surface area contributed by atoms with Gasteiger partial charge in [0.25, 0.3) is 0 Å². The molecule has 2 N–H and O–H groups in total. The minimum absolute atomic E-state index is 0.227. The van der Waals surface area contributed by atoms with Crippen molar-refractivity contribution in [2.24, 2.45) is 0 Å². The average molecular weight is 361 g/mol. The van der Waals surface area contributed by atoms with E-state index >= 15 is 0 Å². The van der Waals surface area contributed by atoms with E-state index in [-0.39, 0.29) is 6.61 Å². The Kier molecular flexibility index (Phi) is 4.37. The Morgan fingerprint density at radius 3 is 2.88 bits per heavy atom. The van der Waals surface area contributed by atoms with Crippen LogP contribution in [0.1, 0.15) is 6.23 Å². The van der Waals surface area contributed by atoms with Gasteiger partial charge >= 0.3 is 5.69 Å². The third-order valence-corrected chi connectivity index (χ3v) is 4.46. The van der Waals surface area contributed by atoms with E-state index < -0.39 is 30.2 Å². The van der Waals surface area contributed by atoms with Gasteiger partial charge in [-0.15, -0.1) is 0 Å². The molecule has 2 aliphatic rings. The number of rotatable bonds is 4. The first-order chi connectivity index (χ1) is 12.6. The molecule has 0 spiro atoms. The molecule has 4 rings (SSSR count). The van der Waals surface area contributed by atoms with Gasteiger partial charge in [0, 0.05) is 14.2 Å². The van der Waals surface area contributed by atoms with E-state index in [2.05, 4.69) is 10.3 Å². The molecular formula is C17H19N3O6. The number of nitrogens with one attached hydrogen (secondary N) is 1. The molecule has 0 radical (unpaired) electrons. The summed E-state index contributed by atoms with van der Waals surface area (Å²) in [6.07, 6.45) is -1.66. The summed E-state index contributed by atoms with van der Waals surface area (Å²) in [5, 5.41) is 13.6. The number of hydrogen-bond acceptors (Lipinski definition) is 8. The molecule has 9 heteroatoms. The molecular weight excluding hydrogens is 342 g/mol. The molecule has 3 heterocycles. The molecule has 2 aromatic rings. The highest BCUT2D eigenvalue weighted by molar-refractivity contribution is 5.72. The lowest BCUT2D eigenvalue weighted by molar-refractivity contribution is -0.0641. The number of anilines is 2. The zero-order chi connectivity index (χ0) is 18.3. The van der Waals surface area contributed by atoms with Gasteiger partial charge in [0.05, 0.1) is 18.5 Å². The zero-order valence-corrected chi connectivity index (χ0v) is 14.3. The quantitative estimate of drug-likeness (QED) is 0.710. The van der Waals surface area contributed by atoms with Gasteiger partial charge < -0.3 is 29.4 Å². The van der Waals surface area contributed by atoms with Crippen molar-refractivity contribution in [3.05, 3.63) is 40.9 Å². The van der Waals surface area contributed by atoms with Gasteiger partial charge in [0.2, 0.25) is 0 Å². The van der Waals surface area contributed by atoms with E-state index in [1.165, 1.54) is 25.0 Å². The molecule has 138 valence electrons. The highest BCUT2D eigenvalue weighted by atomic mass is 16.6. The van der Waals surface area contributed by atoms with Crippen molar-refractivity contribution >= 4 is 11.5 Å². The molecule has 2 aliphatic heterocycles. The van der Waals surface area contributed by atoms with Crippen LogP contribution in [0.4, 0.5) is 11.5 Å². The third kappa shape index (κ3) is 2.74. The van der Waals surface area contributed by atoms with Crippen LogP contribution in [0, 0.1) is 0 Å². The van der Waals surface area contributed by atoms with Crippen LogP contribution < -0.4 is 15.7 Å². The molecule has 4 atom stereocenters. The lowest BCUT2D eigenvalue weighted by Gasteiger charge is -2.23. The Morgan fingerprint density at radius 1 is 1.31 bits per heavy atom. The summed E-state index contributed by atoms with van der Waals surface area (Å²) in [4.78, 5) is 16.5. The van der Waals surface area contributed by atoms with Crippen molar-refractivity contribution in [1.82, 2.24) is 9.55 Å². The summed E-state index contributed by atoms with van der Waals surface area (Å²) >= 11 is 0. The number of aromatic nitrogens is 2. The van der Waals surface area contributed by atoms with Crippen LogP contribution in [0.5, 0.6) is 11.5 Å². The van der Waals surface area contributed by atoms with Crippen molar-refractivity contribution in [2.75, 3.05) is 26.1 Å². The van der Waals surface area contributed by atoms with Crippen molar-refractivity contribution in [2.45, 2.75) is 24.5 Å². The number of aliphatic hydroxyl groups is 1. The first-order valence-electron chi connectivity index (χ1n) is 8.14. The van der Waals surface area contributed by atoms with Crippen LogP contribution in [0.25, 0.3) is 0 Å². The average Bonchev–Trinajstić information content (AvgIpc) is 2.95. The van der Waals surface area contributed by atoms with Crippen LogP contribution in [0.15, 0.2) is 35.3 Å². The summed E-state index contributed by atoms with van der Waals surface area (Å²) in [5.41, 5.74) is 0.151. The number of fused-ring (bicyclic) bond motifs is 2. The van der Waals surface area contributed by atoms with Crippen LogP contribution in [0.3, 0.4) is 0 Å². The number of benzene rings is 1. The fourth-order valence-electron chi connectivity index (χ4n) is 3.24. The predicted molar refractivity (Wildman–Crippen MR) is 90.9 cm³/mol. The summed E-state index contributed by atoms with van der Waals surface area (Å²) in [5.74, 6) is 1.30. The van der Waals surface area contributed by atoms with Crippen molar-refractivity contribution in [3.63, 3.8) is 0 Å². The Morgan fingerprint density at radius 2 is 2.12 bits per heavy atom. The highest BCUT2D eigenvalue weighted by Crippen LogP contribution is 2.40. The minimum Gasteiger partial charge on any atom is -0.450 e. The van der Waals surface area contributed by atoms with E-state index in [4.69, 9.17) is 18.9 Å². The lowest BCUT2D eigenvalue weighted by atomic mass is 10.1. The van der Waals surface area contributed by atoms with Gasteiger partial charge in [-0.3, -0.25) is 4.57 Å². The number of aliphatic hydroxyl groups excluding tert-OH is 1. The molecule has 1 saturated heterocycles. The van der Waals surface area contributed by atoms with Crippen molar-refractivity contribution in [1.29, 1.82) is 0 Å². The second-order valence-electron chi connectivity index (χ2n) is 6.08. The standard InChI is InChI=1S/C17H19N3O6/c1-23-8-12-14(24-2)13(21)16(26-12)20-7-11-15(19-17(20)22)18-9-5-3-4-6-10(9)25-11/h3-7,12-14,16,21H,8H2,1-2H3,(H,18,19,22)/t12-,13?,14?,16-/m1/s1. The maximum atomic E-state index is 12.5. The maximum absolute atomic E-state index is 12.5. The second kappa shape index (κ2) is 6.69. The van der Waals surface area contributed by atoms with Crippen molar-refractivity contribution in [3.8, 4) is 11.5 Å². The summed E-state index contributed by atoms with van der Waals surface area (Å²) < 4.78 is 23.2. The largest absolute Gasteiger partial charge is 0.450 e. The van der Waals surface area contributed by atoms with Crippen LogP contribution >= 0.6 is 0 Å². The maximum Gasteiger partial charge on any atom is 0.351 e. The van der Waals surface area contributed by atoms with Crippen LogP contribution in [-0.2, 0) is 14.2 Å². The molecule has 0 amide bonds. The number of para-hydroxylation sites is 2. The van der Waals surface area contributed by atoms with E-state index in [1.807, 2.05) is 18.2 Å². The molecule has 1 aromatic carbocycles. The fraction of sp³-hybridized carbons (Fsp3) is 0.412. The topological polar surface area (TPSA) is 104 Å². The molecule has 0 aliphatic carbocycles. The van der Waals surface area contributed by atoms with Crippen molar-refractivity contribution < 1.29 is 24.1 Å². The Balaban J connectivity index is 1.68. The molecule has 0 bridgehead atoms. The minimum atomic E-state index is -1.05. The number of methoxy groups -OCH3 is 2. The highest BCUT2D eigenvalue weighted by Gasteiger charge is 2.45. The summed E-state index contributed by atoms with van der Waals surface area (Å²) in [6.45, 7) is 0.227. The van der Waals surface area contributed by atoms with E-state index in [0.29, 0.717) is 17.3 Å². The monoisotopic (exact) mass is 361 g/mol. The first kappa shape index (κ1) is 17.0. The van der Waals surface area contributed by atoms with Gasteiger partial charge in [-0.25, -0.2) is 4.79 Å². The van der Waals surface area contributed by atoms with Gasteiger partial charge in [-0.1, -0.05) is 12.1 Å². The molecule has 1 aromatic heterocycles. The Hall–Kier alpha value is -2.46. The predicted octanol–water partition coefficient (Wildman–Crippen LogP) is 1.01. The summed E-state index contributed by atoms with van der Waals surface area (Å²) in [6, 6.07) is 7.33. The molecule has 0 saturated carbocycles. The van der Waals surface area contributed by atoms with Crippen LogP contribution in [0.2, 0.25) is 0 Å². The number of ether oxygens (including phenoxy) is 4. The fourth-order valence-corrected chi connectivity index (χ4v) is 3.24. The molecule has 9 nitrogen and oxygen atoms in total.